The molecule has 0 bridgehead atoms. The molecule has 130 valence electrons. The first-order valence-electron chi connectivity index (χ1n) is 7.19. The first-order valence-corrected chi connectivity index (χ1v) is 7.99. The van der Waals surface area contributed by atoms with Gasteiger partial charge < -0.3 is 19.4 Å². The molecule has 8 heteroatoms. The van der Waals surface area contributed by atoms with Gasteiger partial charge >= 0.3 is 6.09 Å². The van der Waals surface area contributed by atoms with Crippen LogP contribution in [0, 0.1) is 11.6 Å². The van der Waals surface area contributed by atoms with Crippen LogP contribution in [0.3, 0.4) is 0 Å². The summed E-state index contributed by atoms with van der Waals surface area (Å²) in [6.07, 6.45) is 1.35. The first kappa shape index (κ1) is 18.4. The lowest BCUT2D eigenvalue weighted by molar-refractivity contribution is -0.109. The van der Waals surface area contributed by atoms with Crippen molar-refractivity contribution < 1.29 is 23.1 Å². The van der Waals surface area contributed by atoms with Gasteiger partial charge in [0.15, 0.2) is 11.6 Å². The van der Waals surface area contributed by atoms with Crippen LogP contribution in [0.15, 0.2) is 22.8 Å². The Morgan fingerprint density at radius 1 is 1.46 bits per heavy atom. The Morgan fingerprint density at radius 3 is 2.71 bits per heavy atom. The molecule has 2 rings (SSSR count). The molecule has 1 heterocycles. The summed E-state index contributed by atoms with van der Waals surface area (Å²) in [5.74, 6) is -1.93. The Bertz CT molecular complexity index is 784. The van der Waals surface area contributed by atoms with E-state index in [1.165, 1.54) is 12.3 Å². The summed E-state index contributed by atoms with van der Waals surface area (Å²) in [6, 6.07) is 1.55. The largest absolute Gasteiger partial charge is 0.444 e. The van der Waals surface area contributed by atoms with Gasteiger partial charge in [0, 0.05) is 22.6 Å². The highest BCUT2D eigenvalue weighted by molar-refractivity contribution is 9.10. The third kappa shape index (κ3) is 4.11. The minimum atomic E-state index is -0.967. The van der Waals surface area contributed by atoms with Crippen LogP contribution in [0.1, 0.15) is 20.8 Å². The number of carbonyl (C=O) groups excluding carboxylic acids is 2. The van der Waals surface area contributed by atoms with Gasteiger partial charge in [0.1, 0.15) is 17.9 Å². The summed E-state index contributed by atoms with van der Waals surface area (Å²) >= 11 is 3.19. The molecule has 5 nitrogen and oxygen atoms in total. The maximum Gasteiger partial charge on any atom is 0.408 e. The number of nitrogens with zero attached hydrogens (tertiary/aromatic N) is 1. The molecule has 0 spiro atoms. The van der Waals surface area contributed by atoms with E-state index in [0.29, 0.717) is 16.3 Å². The highest BCUT2D eigenvalue weighted by Gasteiger charge is 2.21. The Hall–Kier alpha value is -1.96. The van der Waals surface area contributed by atoms with Gasteiger partial charge in [0.2, 0.25) is 0 Å². The Labute approximate surface area is 146 Å². The predicted molar refractivity (Wildman–Crippen MR) is 88.8 cm³/mol. The number of amides is 1. The normalized spacial score (nSPS) is 12.9. The molecule has 1 aromatic heterocycles. The fourth-order valence-electron chi connectivity index (χ4n) is 2.23. The maximum absolute atomic E-state index is 13.8. The van der Waals surface area contributed by atoms with Crippen molar-refractivity contribution in [1.29, 1.82) is 0 Å². The van der Waals surface area contributed by atoms with E-state index in [2.05, 4.69) is 21.2 Å². The van der Waals surface area contributed by atoms with Gasteiger partial charge in [-0.05, 0) is 48.8 Å². The van der Waals surface area contributed by atoms with Crippen LogP contribution in [-0.4, -0.2) is 28.6 Å². The molecule has 0 radical (unpaired) electrons. The summed E-state index contributed by atoms with van der Waals surface area (Å²) in [7, 11) is 0. The van der Waals surface area contributed by atoms with Crippen LogP contribution >= 0.6 is 15.9 Å². The number of ether oxygens (including phenoxy) is 1. The Kier molecular flexibility index (Phi) is 5.27. The number of nitrogens with one attached hydrogen (secondary N) is 1. The second-order valence-corrected chi connectivity index (χ2v) is 7.13. The zero-order valence-corrected chi connectivity index (χ0v) is 15.0. The van der Waals surface area contributed by atoms with E-state index in [0.717, 1.165) is 6.07 Å². The smallest absolute Gasteiger partial charge is 0.408 e. The third-order valence-corrected chi connectivity index (χ3v) is 3.75. The van der Waals surface area contributed by atoms with Crippen LogP contribution in [-0.2, 0) is 16.1 Å². The molecule has 1 aromatic carbocycles. The number of aromatic nitrogens is 1. The molecular weight excluding hydrogens is 386 g/mol. The molecule has 1 N–H and O–H groups in total. The number of hydrogen-bond acceptors (Lipinski definition) is 3. The van der Waals surface area contributed by atoms with Crippen molar-refractivity contribution in [3.8, 4) is 0 Å². The monoisotopic (exact) mass is 402 g/mol. The third-order valence-electron chi connectivity index (χ3n) is 3.15. The van der Waals surface area contributed by atoms with Crippen molar-refractivity contribution >= 4 is 39.2 Å². The second-order valence-electron chi connectivity index (χ2n) is 6.27. The summed E-state index contributed by atoms with van der Waals surface area (Å²) < 4.78 is 34.3. The number of aldehydes is 1. The van der Waals surface area contributed by atoms with Gasteiger partial charge in [-0.1, -0.05) is 0 Å². The highest BCUT2D eigenvalue weighted by Crippen LogP contribution is 2.29. The van der Waals surface area contributed by atoms with Gasteiger partial charge in [0.05, 0.1) is 5.52 Å². The fraction of sp³-hybridized carbons (Fsp3) is 0.375. The predicted octanol–water partition coefficient (Wildman–Crippen LogP) is 3.77. The fourth-order valence-corrected chi connectivity index (χ4v) is 2.88. The quantitative estimate of drug-likeness (QED) is 0.625. The first-order chi connectivity index (χ1) is 11.1. The average molecular weight is 403 g/mol. The van der Waals surface area contributed by atoms with Crippen LogP contribution in [0.4, 0.5) is 13.6 Å². The lowest BCUT2D eigenvalue weighted by atomic mass is 10.2. The van der Waals surface area contributed by atoms with Gasteiger partial charge in [-0.2, -0.15) is 0 Å². The van der Waals surface area contributed by atoms with Crippen molar-refractivity contribution in [1.82, 2.24) is 9.88 Å². The topological polar surface area (TPSA) is 60.3 Å². The Balaban J connectivity index is 2.23. The number of carbonyl (C=O) groups is 2. The summed E-state index contributed by atoms with van der Waals surface area (Å²) in [6.45, 7) is 5.17. The van der Waals surface area contributed by atoms with Gasteiger partial charge in [-0.3, -0.25) is 0 Å². The zero-order valence-electron chi connectivity index (χ0n) is 13.4. The number of hydrogen-bond donors (Lipinski definition) is 1. The van der Waals surface area contributed by atoms with Crippen LogP contribution < -0.4 is 5.32 Å². The average Bonchev–Trinajstić information content (AvgIpc) is 2.86. The van der Waals surface area contributed by atoms with Crippen molar-refractivity contribution in [2.45, 2.75) is 39.0 Å². The molecule has 0 unspecified atom stereocenters. The lowest BCUT2D eigenvalue weighted by Gasteiger charge is -2.22. The summed E-state index contributed by atoms with van der Waals surface area (Å²) in [5, 5.41) is 2.53. The number of alkyl carbamates (subject to hydrolysis) is 1. The second kappa shape index (κ2) is 6.88. The molecular formula is C16H17BrF2N2O3. The van der Waals surface area contributed by atoms with Crippen LogP contribution in [0.25, 0.3) is 10.9 Å². The van der Waals surface area contributed by atoms with E-state index in [4.69, 9.17) is 4.74 Å². The number of fused-ring (bicyclic) bond motifs is 1. The molecule has 0 fully saturated rings. The van der Waals surface area contributed by atoms with E-state index in [1.807, 2.05) is 0 Å². The maximum atomic E-state index is 13.8. The molecule has 24 heavy (non-hydrogen) atoms. The lowest BCUT2D eigenvalue weighted by Crippen LogP contribution is -2.42. The molecule has 0 aliphatic carbocycles. The van der Waals surface area contributed by atoms with Gasteiger partial charge in [0.25, 0.3) is 0 Å². The standard InChI is InChI=1S/C16H17BrF2N2O3/c1-16(2,3)24-15(23)20-9(8-22)7-21-5-4-10-13(19)12(18)6-11(17)14(10)21/h4-6,8-9H,7H2,1-3H3,(H,20,23)/t9-/m1/s1. The van der Waals surface area contributed by atoms with Gasteiger partial charge in [-0.25, -0.2) is 13.6 Å². The SMILES string of the molecule is CC(C)(C)OC(=O)N[C@@H](C=O)Cn1ccc2c(F)c(F)cc(Br)c21. The van der Waals surface area contributed by atoms with E-state index < -0.39 is 29.4 Å². The van der Waals surface area contributed by atoms with Gasteiger partial charge in [-0.15, -0.1) is 0 Å². The number of rotatable bonds is 4. The van der Waals surface area contributed by atoms with Crippen LogP contribution in [0.5, 0.6) is 0 Å². The van der Waals surface area contributed by atoms with Crippen molar-refractivity contribution in [2.75, 3.05) is 0 Å². The summed E-state index contributed by atoms with van der Waals surface area (Å²) in [5.41, 5.74) is -0.298. The van der Waals surface area contributed by atoms with E-state index in [9.17, 15) is 18.4 Å². The molecule has 0 saturated heterocycles. The van der Waals surface area contributed by atoms with E-state index >= 15 is 0 Å². The Morgan fingerprint density at radius 2 is 2.12 bits per heavy atom. The van der Waals surface area contributed by atoms with Crippen LogP contribution in [0.2, 0.25) is 0 Å². The van der Waals surface area contributed by atoms with E-state index in [-0.39, 0.29) is 11.9 Å². The number of halogens is 3. The molecule has 0 aliphatic rings. The van der Waals surface area contributed by atoms with E-state index in [1.54, 1.807) is 25.3 Å². The molecule has 2 aromatic rings. The number of benzene rings is 1. The molecule has 1 amide bonds. The van der Waals surface area contributed by atoms with Crippen molar-refractivity contribution in [3.63, 3.8) is 0 Å². The molecule has 0 saturated carbocycles. The molecule has 0 aliphatic heterocycles. The highest BCUT2D eigenvalue weighted by atomic mass is 79.9. The molecule has 1 atom stereocenters. The van der Waals surface area contributed by atoms with Crippen molar-refractivity contribution in [2.24, 2.45) is 0 Å². The minimum Gasteiger partial charge on any atom is -0.444 e. The van der Waals surface area contributed by atoms with Crippen molar-refractivity contribution in [3.05, 3.63) is 34.4 Å². The summed E-state index contributed by atoms with van der Waals surface area (Å²) in [4.78, 5) is 23.0. The minimum absolute atomic E-state index is 0.0515. The zero-order chi connectivity index (χ0) is 18.1.